The van der Waals surface area contributed by atoms with Crippen LogP contribution in [0.1, 0.15) is 18.1 Å². The first-order valence-electron chi connectivity index (χ1n) is 9.46. The van der Waals surface area contributed by atoms with E-state index in [1.807, 2.05) is 36.2 Å². The molecule has 0 aliphatic heterocycles. The van der Waals surface area contributed by atoms with E-state index in [0.717, 1.165) is 11.3 Å². The van der Waals surface area contributed by atoms with Crippen LogP contribution >= 0.6 is 0 Å². The number of ether oxygens (including phenoxy) is 2. The summed E-state index contributed by atoms with van der Waals surface area (Å²) in [5.74, 6) is 1.43. The molecule has 1 amide bonds. The normalized spacial score (nSPS) is 10.7. The summed E-state index contributed by atoms with van der Waals surface area (Å²) in [6, 6.07) is 9.38. The highest BCUT2D eigenvalue weighted by Gasteiger charge is 2.17. The number of fused-ring (bicyclic) bond motifs is 1. The number of aryl methyl sites for hydroxylation is 1. The summed E-state index contributed by atoms with van der Waals surface area (Å²) in [5, 5.41) is 0.467. The monoisotopic (exact) mass is 410 g/mol. The van der Waals surface area contributed by atoms with Gasteiger partial charge in [0.25, 0.3) is 5.56 Å². The van der Waals surface area contributed by atoms with Gasteiger partial charge in [-0.1, -0.05) is 12.1 Å². The third-order valence-corrected chi connectivity index (χ3v) is 5.12. The van der Waals surface area contributed by atoms with Gasteiger partial charge in [-0.15, -0.1) is 0 Å². The fourth-order valence-electron chi connectivity index (χ4n) is 3.41. The molecular weight excluding hydrogens is 384 g/mol. The lowest BCUT2D eigenvalue weighted by molar-refractivity contribution is -0.116. The summed E-state index contributed by atoms with van der Waals surface area (Å²) < 4.78 is 10.8. The van der Waals surface area contributed by atoms with E-state index in [4.69, 9.17) is 9.47 Å². The molecule has 8 heteroatoms. The van der Waals surface area contributed by atoms with Crippen LogP contribution in [0.15, 0.2) is 35.1 Å². The smallest absolute Gasteiger partial charge is 0.260 e. The van der Waals surface area contributed by atoms with Crippen molar-refractivity contribution < 1.29 is 14.3 Å². The van der Waals surface area contributed by atoms with E-state index in [1.54, 1.807) is 32.0 Å². The lowest BCUT2D eigenvalue weighted by atomic mass is 10.1. The number of hydrogen-bond acceptors (Lipinski definition) is 6. The van der Waals surface area contributed by atoms with Gasteiger partial charge >= 0.3 is 0 Å². The Hall–Kier alpha value is -3.55. The SMILES string of the molecule is COc1cc2nc(N(C)Cc3cccc(N(C)C(C)=O)c3)[nH]c(=O)c2c(C)c1OC. The molecule has 0 spiro atoms. The molecule has 30 heavy (non-hydrogen) atoms. The van der Waals surface area contributed by atoms with Crippen molar-refractivity contribution in [1.82, 2.24) is 9.97 Å². The Kier molecular flexibility index (Phi) is 5.96. The molecule has 0 radical (unpaired) electrons. The van der Waals surface area contributed by atoms with E-state index in [2.05, 4.69) is 9.97 Å². The van der Waals surface area contributed by atoms with E-state index in [9.17, 15) is 9.59 Å². The minimum absolute atomic E-state index is 0.0409. The Labute approximate surface area is 175 Å². The van der Waals surface area contributed by atoms with Gasteiger partial charge < -0.3 is 19.3 Å². The molecule has 2 aromatic carbocycles. The van der Waals surface area contributed by atoms with Crippen molar-refractivity contribution in [1.29, 1.82) is 0 Å². The van der Waals surface area contributed by atoms with Crippen molar-refractivity contribution in [3.8, 4) is 11.5 Å². The standard InChI is InChI=1S/C22H26N4O4/c1-13-19-17(11-18(29-5)20(13)30-6)23-22(24-21(19)28)25(3)12-15-8-7-9-16(10-15)26(4)14(2)27/h7-11H,12H2,1-6H3,(H,23,24,28). The topological polar surface area (TPSA) is 87.8 Å². The number of rotatable bonds is 6. The number of aromatic nitrogens is 2. The van der Waals surface area contributed by atoms with E-state index in [0.29, 0.717) is 40.5 Å². The van der Waals surface area contributed by atoms with Crippen LogP contribution in [0.2, 0.25) is 0 Å². The zero-order chi connectivity index (χ0) is 22.0. The largest absolute Gasteiger partial charge is 0.493 e. The molecule has 0 bridgehead atoms. The molecule has 158 valence electrons. The van der Waals surface area contributed by atoms with E-state index >= 15 is 0 Å². The number of anilines is 2. The number of carbonyl (C=O) groups excluding carboxylic acids is 1. The third-order valence-electron chi connectivity index (χ3n) is 5.12. The molecule has 0 saturated carbocycles. The quantitative estimate of drug-likeness (QED) is 0.672. The summed E-state index contributed by atoms with van der Waals surface area (Å²) in [4.78, 5) is 35.4. The first-order chi connectivity index (χ1) is 14.3. The van der Waals surface area contributed by atoms with Crippen LogP contribution in [-0.2, 0) is 11.3 Å². The third kappa shape index (κ3) is 3.94. The number of nitrogens with one attached hydrogen (secondary N) is 1. The van der Waals surface area contributed by atoms with Gasteiger partial charge in [-0.25, -0.2) is 4.98 Å². The molecule has 0 unspecified atom stereocenters. The maximum absolute atomic E-state index is 12.8. The van der Waals surface area contributed by atoms with Crippen LogP contribution in [0.25, 0.3) is 10.9 Å². The molecular formula is C22H26N4O4. The number of carbonyl (C=O) groups is 1. The average molecular weight is 410 g/mol. The van der Waals surface area contributed by atoms with E-state index in [-0.39, 0.29) is 11.5 Å². The molecule has 8 nitrogen and oxygen atoms in total. The Morgan fingerprint density at radius 2 is 1.90 bits per heavy atom. The highest BCUT2D eigenvalue weighted by atomic mass is 16.5. The van der Waals surface area contributed by atoms with Crippen molar-refractivity contribution in [3.63, 3.8) is 0 Å². The molecule has 1 aromatic heterocycles. The summed E-state index contributed by atoms with van der Waals surface area (Å²) >= 11 is 0. The van der Waals surface area contributed by atoms with Gasteiger partial charge in [-0.3, -0.25) is 14.6 Å². The summed E-state index contributed by atoms with van der Waals surface area (Å²) in [6.45, 7) is 3.83. The average Bonchev–Trinajstić information content (AvgIpc) is 2.72. The first kappa shape index (κ1) is 21.2. The number of H-pyrrole nitrogens is 1. The van der Waals surface area contributed by atoms with Crippen molar-refractivity contribution in [2.24, 2.45) is 0 Å². The second-order valence-corrected chi connectivity index (χ2v) is 7.12. The van der Waals surface area contributed by atoms with Gasteiger partial charge in [0.15, 0.2) is 11.5 Å². The van der Waals surface area contributed by atoms with Crippen molar-refractivity contribution in [2.45, 2.75) is 20.4 Å². The molecule has 1 N–H and O–H groups in total. The van der Waals surface area contributed by atoms with Crippen LogP contribution in [-0.4, -0.2) is 44.2 Å². The molecule has 1 heterocycles. The van der Waals surface area contributed by atoms with Gasteiger partial charge in [0.2, 0.25) is 11.9 Å². The maximum Gasteiger partial charge on any atom is 0.260 e. The molecule has 0 fully saturated rings. The lowest BCUT2D eigenvalue weighted by Crippen LogP contribution is -2.24. The van der Waals surface area contributed by atoms with Gasteiger partial charge in [0, 0.05) is 44.9 Å². The van der Waals surface area contributed by atoms with Crippen molar-refractivity contribution >= 4 is 28.4 Å². The van der Waals surface area contributed by atoms with Crippen LogP contribution in [0, 0.1) is 6.92 Å². The Morgan fingerprint density at radius 3 is 2.53 bits per heavy atom. The number of nitrogens with zero attached hydrogens (tertiary/aromatic N) is 3. The van der Waals surface area contributed by atoms with Crippen LogP contribution < -0.4 is 24.8 Å². The first-order valence-corrected chi connectivity index (χ1v) is 9.46. The fourth-order valence-corrected chi connectivity index (χ4v) is 3.41. The number of aromatic amines is 1. The van der Waals surface area contributed by atoms with E-state index < -0.39 is 0 Å². The van der Waals surface area contributed by atoms with Gasteiger partial charge in [0.05, 0.1) is 25.1 Å². The van der Waals surface area contributed by atoms with Crippen LogP contribution in [0.4, 0.5) is 11.6 Å². The van der Waals surface area contributed by atoms with E-state index in [1.165, 1.54) is 14.0 Å². The Bertz CT molecular complexity index is 1160. The zero-order valence-corrected chi connectivity index (χ0v) is 18.1. The molecule has 0 aliphatic rings. The lowest BCUT2D eigenvalue weighted by Gasteiger charge is -2.21. The second kappa shape index (κ2) is 8.44. The Morgan fingerprint density at radius 1 is 1.17 bits per heavy atom. The Balaban J connectivity index is 1.98. The number of hydrogen-bond donors (Lipinski definition) is 1. The van der Waals surface area contributed by atoms with Gasteiger partial charge in [-0.05, 0) is 24.6 Å². The summed E-state index contributed by atoms with van der Waals surface area (Å²) in [6.07, 6.45) is 0. The van der Waals surface area contributed by atoms with Gasteiger partial charge in [0.1, 0.15) is 0 Å². The number of amides is 1. The zero-order valence-electron chi connectivity index (χ0n) is 18.1. The predicted octanol–water partition coefficient (Wildman–Crippen LogP) is 2.87. The highest BCUT2D eigenvalue weighted by Crippen LogP contribution is 2.35. The molecule has 3 aromatic rings. The highest BCUT2D eigenvalue weighted by molar-refractivity contribution is 5.91. The molecule has 0 atom stereocenters. The summed E-state index contributed by atoms with van der Waals surface area (Å²) in [5.41, 5.74) is 2.75. The summed E-state index contributed by atoms with van der Waals surface area (Å²) in [7, 11) is 6.67. The predicted molar refractivity (Wildman–Crippen MR) is 118 cm³/mol. The van der Waals surface area contributed by atoms with Crippen LogP contribution in [0.5, 0.6) is 11.5 Å². The minimum atomic E-state index is -0.245. The van der Waals surface area contributed by atoms with Crippen molar-refractivity contribution in [2.75, 3.05) is 38.1 Å². The number of methoxy groups -OCH3 is 2. The van der Waals surface area contributed by atoms with Crippen LogP contribution in [0.3, 0.4) is 0 Å². The number of benzene rings is 2. The molecule has 0 aliphatic carbocycles. The van der Waals surface area contributed by atoms with Crippen molar-refractivity contribution in [3.05, 3.63) is 51.8 Å². The minimum Gasteiger partial charge on any atom is -0.493 e. The van der Waals surface area contributed by atoms with Gasteiger partial charge in [-0.2, -0.15) is 0 Å². The molecule has 3 rings (SSSR count). The molecule has 0 saturated heterocycles. The fraction of sp³-hybridized carbons (Fsp3) is 0.318. The maximum atomic E-state index is 12.8. The second-order valence-electron chi connectivity index (χ2n) is 7.12.